The molecule has 1 aromatic carbocycles. The maximum Gasteiger partial charge on any atom is 0.127 e. The van der Waals surface area contributed by atoms with E-state index >= 15 is 0 Å². The van der Waals surface area contributed by atoms with Crippen LogP contribution < -0.4 is 4.74 Å². The normalized spacial score (nSPS) is 16.4. The third kappa shape index (κ3) is 15.9. The third-order valence-corrected chi connectivity index (χ3v) is 7.92. The van der Waals surface area contributed by atoms with Crippen LogP contribution in [0.3, 0.4) is 0 Å². The van der Waals surface area contributed by atoms with Crippen molar-refractivity contribution in [3.8, 4) is 11.5 Å². The summed E-state index contributed by atoms with van der Waals surface area (Å²) in [7, 11) is 0. The largest absolute Gasteiger partial charge is 0.508 e. The van der Waals surface area contributed by atoms with Crippen molar-refractivity contribution in [2.45, 2.75) is 132 Å². The van der Waals surface area contributed by atoms with E-state index in [2.05, 4.69) is 97.1 Å². The number of aromatic hydroxyl groups is 1. The molecule has 230 valence electrons. The van der Waals surface area contributed by atoms with Gasteiger partial charge in [-0.3, -0.25) is 0 Å². The van der Waals surface area contributed by atoms with Crippen LogP contribution in [0.15, 0.2) is 94.2 Å². The summed E-state index contributed by atoms with van der Waals surface area (Å²) >= 11 is 0. The summed E-state index contributed by atoms with van der Waals surface area (Å²) in [6, 6.07) is 5.28. The highest BCUT2D eigenvalue weighted by molar-refractivity contribution is 5.61. The standard InChI is InChI=1S/C40H58O2/c1-31(2)14-8-15-32(3)16-9-17-33(4)18-10-19-34(5)20-11-21-35(6)22-12-23-36(7)24-13-25-39-28-26-37-30-38(41)27-29-40(37)42-39/h14,16,18,20,22,24,26-30,39,41H,8-13,15,17,19,21,23,25H2,1-7H3/b32-16+,33-18+,34-20+,35-22+,36-24+. The molecule has 1 heterocycles. The summed E-state index contributed by atoms with van der Waals surface area (Å²) in [5.74, 6) is 1.13. The van der Waals surface area contributed by atoms with Gasteiger partial charge in [0.1, 0.15) is 17.6 Å². The van der Waals surface area contributed by atoms with Crippen LogP contribution in [0.25, 0.3) is 6.08 Å². The molecule has 0 fully saturated rings. The Morgan fingerprint density at radius 2 is 1.05 bits per heavy atom. The van der Waals surface area contributed by atoms with Gasteiger partial charge in [0.25, 0.3) is 0 Å². The molecule has 0 aromatic heterocycles. The van der Waals surface area contributed by atoms with Crippen molar-refractivity contribution in [1.29, 1.82) is 0 Å². The van der Waals surface area contributed by atoms with E-state index in [4.69, 9.17) is 4.74 Å². The van der Waals surface area contributed by atoms with Gasteiger partial charge in [0.2, 0.25) is 0 Å². The van der Waals surface area contributed by atoms with E-state index in [1.54, 1.807) is 12.1 Å². The molecule has 1 unspecified atom stereocenters. The van der Waals surface area contributed by atoms with Gasteiger partial charge in [-0.1, -0.05) is 76.0 Å². The number of rotatable bonds is 18. The van der Waals surface area contributed by atoms with Crippen molar-refractivity contribution < 1.29 is 9.84 Å². The molecular formula is C40H58O2. The highest BCUT2D eigenvalue weighted by Gasteiger charge is 2.14. The third-order valence-electron chi connectivity index (χ3n) is 7.92. The molecule has 0 spiro atoms. The second-order valence-corrected chi connectivity index (χ2v) is 12.5. The van der Waals surface area contributed by atoms with Crippen molar-refractivity contribution in [3.05, 3.63) is 99.7 Å². The molecule has 0 amide bonds. The van der Waals surface area contributed by atoms with Crippen LogP contribution in [-0.4, -0.2) is 11.2 Å². The molecule has 1 N–H and O–H groups in total. The van der Waals surface area contributed by atoms with Crippen molar-refractivity contribution in [1.82, 2.24) is 0 Å². The molecule has 0 saturated heterocycles. The summed E-state index contributed by atoms with van der Waals surface area (Å²) in [5, 5.41) is 9.62. The maximum absolute atomic E-state index is 9.62. The first kappa shape index (κ1) is 35.2. The smallest absolute Gasteiger partial charge is 0.127 e. The molecule has 1 aliphatic rings. The minimum absolute atomic E-state index is 0.101. The zero-order valence-corrected chi connectivity index (χ0v) is 27.8. The monoisotopic (exact) mass is 570 g/mol. The maximum atomic E-state index is 9.62. The lowest BCUT2D eigenvalue weighted by Gasteiger charge is -2.21. The number of hydrogen-bond donors (Lipinski definition) is 1. The van der Waals surface area contributed by atoms with Gasteiger partial charge >= 0.3 is 0 Å². The number of benzene rings is 1. The predicted molar refractivity (Wildman–Crippen MR) is 185 cm³/mol. The Kier molecular flexibility index (Phi) is 16.8. The van der Waals surface area contributed by atoms with Crippen molar-refractivity contribution in [3.63, 3.8) is 0 Å². The second-order valence-electron chi connectivity index (χ2n) is 12.5. The fraction of sp³-hybridized carbons (Fsp3) is 0.500. The molecule has 0 saturated carbocycles. The minimum atomic E-state index is 0.101. The highest BCUT2D eigenvalue weighted by Crippen LogP contribution is 2.30. The predicted octanol–water partition coefficient (Wildman–Crippen LogP) is 12.5. The molecular weight excluding hydrogens is 512 g/mol. The van der Waals surface area contributed by atoms with Crippen LogP contribution in [0.4, 0.5) is 0 Å². The van der Waals surface area contributed by atoms with Crippen molar-refractivity contribution in [2.24, 2.45) is 0 Å². The van der Waals surface area contributed by atoms with E-state index in [1.807, 2.05) is 6.07 Å². The summed E-state index contributed by atoms with van der Waals surface area (Å²) in [6.07, 6.45) is 32.2. The Bertz CT molecular complexity index is 1180. The lowest BCUT2D eigenvalue weighted by atomic mass is 10.0. The summed E-state index contributed by atoms with van der Waals surface area (Å²) in [6.45, 7) is 15.7. The molecule has 2 nitrogen and oxygen atoms in total. The van der Waals surface area contributed by atoms with Gasteiger partial charge < -0.3 is 9.84 Å². The first-order chi connectivity index (χ1) is 20.1. The molecule has 2 heteroatoms. The number of phenols is 1. The molecule has 42 heavy (non-hydrogen) atoms. The van der Waals surface area contributed by atoms with E-state index < -0.39 is 0 Å². The Hall–Kier alpha value is -3.00. The fourth-order valence-electron chi connectivity index (χ4n) is 5.12. The first-order valence-corrected chi connectivity index (χ1v) is 16.2. The van der Waals surface area contributed by atoms with Gasteiger partial charge in [-0.05, 0) is 150 Å². The number of fused-ring (bicyclic) bond motifs is 1. The summed E-state index contributed by atoms with van der Waals surface area (Å²) in [4.78, 5) is 0. The van der Waals surface area contributed by atoms with E-state index in [1.165, 1.54) is 52.7 Å². The average molecular weight is 571 g/mol. The van der Waals surface area contributed by atoms with Crippen LogP contribution in [-0.2, 0) is 0 Å². The molecule has 2 rings (SSSR count). The zero-order chi connectivity index (χ0) is 30.7. The van der Waals surface area contributed by atoms with Gasteiger partial charge in [0, 0.05) is 5.56 Å². The fourth-order valence-corrected chi connectivity index (χ4v) is 5.12. The Balaban J connectivity index is 1.58. The van der Waals surface area contributed by atoms with Gasteiger partial charge in [-0.25, -0.2) is 0 Å². The van der Waals surface area contributed by atoms with E-state index in [0.29, 0.717) is 0 Å². The highest BCUT2D eigenvalue weighted by atomic mass is 16.5. The Morgan fingerprint density at radius 3 is 1.50 bits per heavy atom. The van der Waals surface area contributed by atoms with Crippen LogP contribution >= 0.6 is 0 Å². The molecule has 0 bridgehead atoms. The van der Waals surface area contributed by atoms with E-state index in [-0.39, 0.29) is 11.9 Å². The Morgan fingerprint density at radius 1 is 0.619 bits per heavy atom. The lowest BCUT2D eigenvalue weighted by Crippen LogP contribution is -2.16. The van der Waals surface area contributed by atoms with E-state index in [9.17, 15) is 5.11 Å². The second kappa shape index (κ2) is 20.0. The first-order valence-electron chi connectivity index (χ1n) is 16.2. The van der Waals surface area contributed by atoms with Crippen molar-refractivity contribution in [2.75, 3.05) is 0 Å². The van der Waals surface area contributed by atoms with Crippen LogP contribution in [0.1, 0.15) is 131 Å². The SMILES string of the molecule is CC(C)=CCC/C(C)=C/CC/C(C)=C/CC/C(C)=C/CC/C(C)=C/CC/C(C)=C/CCC1C=Cc2cc(O)ccc2O1. The number of allylic oxidation sites excluding steroid dienone is 12. The molecule has 0 aliphatic carbocycles. The summed E-state index contributed by atoms with van der Waals surface area (Å²) < 4.78 is 6.06. The van der Waals surface area contributed by atoms with Gasteiger partial charge in [0.15, 0.2) is 0 Å². The lowest BCUT2D eigenvalue weighted by molar-refractivity contribution is 0.236. The van der Waals surface area contributed by atoms with Crippen LogP contribution in [0.5, 0.6) is 11.5 Å². The molecule has 1 atom stereocenters. The van der Waals surface area contributed by atoms with Crippen LogP contribution in [0, 0.1) is 0 Å². The van der Waals surface area contributed by atoms with Gasteiger partial charge in [0.05, 0.1) is 0 Å². The quantitative estimate of drug-likeness (QED) is 0.178. The van der Waals surface area contributed by atoms with Crippen molar-refractivity contribution >= 4 is 6.08 Å². The molecule has 0 radical (unpaired) electrons. The molecule has 1 aliphatic heterocycles. The number of ether oxygens (including phenoxy) is 1. The van der Waals surface area contributed by atoms with Gasteiger partial charge in [-0.15, -0.1) is 0 Å². The van der Waals surface area contributed by atoms with Crippen LogP contribution in [0.2, 0.25) is 0 Å². The van der Waals surface area contributed by atoms with E-state index in [0.717, 1.165) is 69.1 Å². The number of phenolic OH excluding ortho intramolecular Hbond substituents is 1. The topological polar surface area (TPSA) is 29.5 Å². The number of hydrogen-bond acceptors (Lipinski definition) is 2. The van der Waals surface area contributed by atoms with Gasteiger partial charge in [-0.2, -0.15) is 0 Å². The Labute approximate surface area is 258 Å². The average Bonchev–Trinajstić information content (AvgIpc) is 2.93. The minimum Gasteiger partial charge on any atom is -0.508 e. The molecule has 1 aromatic rings. The zero-order valence-electron chi connectivity index (χ0n) is 27.8. The summed E-state index contributed by atoms with van der Waals surface area (Å²) in [5.41, 5.74) is 9.86.